The first-order valence-corrected chi connectivity index (χ1v) is 8.16. The number of nitrogens with zero attached hydrogens (tertiary/aromatic N) is 2. The van der Waals surface area contributed by atoms with E-state index in [0.717, 1.165) is 26.2 Å². The topological polar surface area (TPSA) is 18.5 Å². The maximum atomic E-state index is 3.55. The van der Waals surface area contributed by atoms with Gasteiger partial charge in [0, 0.05) is 31.4 Å². The van der Waals surface area contributed by atoms with Gasteiger partial charge in [-0.05, 0) is 52.5 Å². The molecule has 21 heavy (non-hydrogen) atoms. The molecule has 1 aromatic rings. The Morgan fingerprint density at radius 1 is 1.14 bits per heavy atom. The van der Waals surface area contributed by atoms with Gasteiger partial charge in [0.15, 0.2) is 0 Å². The van der Waals surface area contributed by atoms with E-state index in [2.05, 4.69) is 75.1 Å². The SMILES string of the molecule is CCN(CCCN(C)C)c1ccc(C)cc1CNC(C)C. The molecule has 0 aliphatic rings. The summed E-state index contributed by atoms with van der Waals surface area (Å²) in [4.78, 5) is 4.75. The summed E-state index contributed by atoms with van der Waals surface area (Å²) in [5, 5.41) is 3.55. The van der Waals surface area contributed by atoms with Crippen LogP contribution in [0.5, 0.6) is 0 Å². The van der Waals surface area contributed by atoms with Crippen LogP contribution in [0.4, 0.5) is 5.69 Å². The van der Waals surface area contributed by atoms with E-state index >= 15 is 0 Å². The summed E-state index contributed by atoms with van der Waals surface area (Å²) >= 11 is 0. The van der Waals surface area contributed by atoms with E-state index in [1.54, 1.807) is 0 Å². The van der Waals surface area contributed by atoms with E-state index in [1.165, 1.54) is 23.2 Å². The fourth-order valence-corrected chi connectivity index (χ4v) is 2.51. The van der Waals surface area contributed by atoms with Crippen molar-refractivity contribution in [2.24, 2.45) is 0 Å². The van der Waals surface area contributed by atoms with Crippen LogP contribution >= 0.6 is 0 Å². The summed E-state index contributed by atoms with van der Waals surface area (Å²) in [6.07, 6.45) is 1.20. The van der Waals surface area contributed by atoms with Gasteiger partial charge in [0.2, 0.25) is 0 Å². The molecule has 0 spiro atoms. The number of hydrogen-bond donors (Lipinski definition) is 1. The molecule has 3 heteroatoms. The molecule has 1 rings (SSSR count). The molecule has 0 radical (unpaired) electrons. The maximum absolute atomic E-state index is 3.55. The Balaban J connectivity index is 2.81. The van der Waals surface area contributed by atoms with Crippen molar-refractivity contribution in [2.75, 3.05) is 38.6 Å². The Morgan fingerprint density at radius 3 is 2.43 bits per heavy atom. The van der Waals surface area contributed by atoms with Crippen molar-refractivity contribution in [1.82, 2.24) is 10.2 Å². The van der Waals surface area contributed by atoms with Crippen molar-refractivity contribution in [3.05, 3.63) is 29.3 Å². The van der Waals surface area contributed by atoms with Gasteiger partial charge in [0.25, 0.3) is 0 Å². The zero-order valence-electron chi connectivity index (χ0n) is 14.7. The van der Waals surface area contributed by atoms with E-state index in [1.807, 2.05) is 0 Å². The second kappa shape index (κ2) is 9.06. The van der Waals surface area contributed by atoms with Crippen LogP contribution in [0.25, 0.3) is 0 Å². The van der Waals surface area contributed by atoms with Gasteiger partial charge in [0.05, 0.1) is 0 Å². The van der Waals surface area contributed by atoms with Gasteiger partial charge in [0.1, 0.15) is 0 Å². The van der Waals surface area contributed by atoms with Gasteiger partial charge >= 0.3 is 0 Å². The minimum absolute atomic E-state index is 0.516. The molecule has 0 fully saturated rings. The normalized spacial score (nSPS) is 11.4. The molecule has 3 nitrogen and oxygen atoms in total. The molecule has 1 aromatic carbocycles. The number of aryl methyl sites for hydroxylation is 1. The Bertz CT molecular complexity index is 413. The van der Waals surface area contributed by atoms with Crippen LogP contribution in [-0.2, 0) is 6.54 Å². The number of benzene rings is 1. The lowest BCUT2D eigenvalue weighted by atomic mass is 10.1. The molecular weight excluding hydrogens is 258 g/mol. The zero-order valence-corrected chi connectivity index (χ0v) is 14.7. The summed E-state index contributed by atoms with van der Waals surface area (Å²) in [6.45, 7) is 13.1. The number of anilines is 1. The van der Waals surface area contributed by atoms with Crippen LogP contribution < -0.4 is 10.2 Å². The largest absolute Gasteiger partial charge is 0.372 e. The zero-order chi connectivity index (χ0) is 15.8. The average Bonchev–Trinajstić information content (AvgIpc) is 2.42. The summed E-state index contributed by atoms with van der Waals surface area (Å²) in [6, 6.07) is 7.34. The lowest BCUT2D eigenvalue weighted by Crippen LogP contribution is -2.29. The predicted molar refractivity (Wildman–Crippen MR) is 94.2 cm³/mol. The summed E-state index contributed by atoms with van der Waals surface area (Å²) in [5.41, 5.74) is 4.13. The smallest absolute Gasteiger partial charge is 0.0411 e. The third-order valence-electron chi connectivity index (χ3n) is 3.69. The van der Waals surface area contributed by atoms with Crippen LogP contribution in [0, 0.1) is 6.92 Å². The van der Waals surface area contributed by atoms with Crippen molar-refractivity contribution >= 4 is 5.69 Å². The Morgan fingerprint density at radius 2 is 1.86 bits per heavy atom. The summed E-state index contributed by atoms with van der Waals surface area (Å²) in [7, 11) is 4.28. The second-order valence-electron chi connectivity index (χ2n) is 6.40. The Kier molecular flexibility index (Phi) is 7.76. The van der Waals surface area contributed by atoms with Crippen LogP contribution in [0.15, 0.2) is 18.2 Å². The summed E-state index contributed by atoms with van der Waals surface area (Å²) in [5.74, 6) is 0. The van der Waals surface area contributed by atoms with E-state index in [0.29, 0.717) is 6.04 Å². The molecule has 0 aliphatic carbocycles. The van der Waals surface area contributed by atoms with Crippen molar-refractivity contribution in [2.45, 2.75) is 46.7 Å². The van der Waals surface area contributed by atoms with Gasteiger partial charge in [-0.25, -0.2) is 0 Å². The van der Waals surface area contributed by atoms with Crippen LogP contribution in [0.2, 0.25) is 0 Å². The molecule has 0 aromatic heterocycles. The maximum Gasteiger partial charge on any atom is 0.0411 e. The number of nitrogens with one attached hydrogen (secondary N) is 1. The van der Waals surface area contributed by atoms with Gasteiger partial charge in [-0.2, -0.15) is 0 Å². The monoisotopic (exact) mass is 291 g/mol. The highest BCUT2D eigenvalue weighted by Crippen LogP contribution is 2.22. The minimum atomic E-state index is 0.516. The van der Waals surface area contributed by atoms with Crippen LogP contribution in [-0.4, -0.2) is 44.7 Å². The fraction of sp³-hybridized carbons (Fsp3) is 0.667. The lowest BCUT2D eigenvalue weighted by Gasteiger charge is -2.27. The molecule has 0 atom stereocenters. The average molecular weight is 291 g/mol. The van der Waals surface area contributed by atoms with Gasteiger partial charge in [-0.15, -0.1) is 0 Å². The predicted octanol–water partition coefficient (Wildman–Crippen LogP) is 3.27. The molecule has 0 aliphatic heterocycles. The lowest BCUT2D eigenvalue weighted by molar-refractivity contribution is 0.400. The highest BCUT2D eigenvalue weighted by Gasteiger charge is 2.10. The molecule has 0 saturated heterocycles. The standard InChI is InChI=1S/C18H33N3/c1-7-21(12-8-11-20(5)6)18-10-9-16(4)13-17(18)14-19-15(2)3/h9-10,13,15,19H,7-8,11-12,14H2,1-6H3. The van der Waals surface area contributed by atoms with Gasteiger partial charge < -0.3 is 15.1 Å². The third-order valence-corrected chi connectivity index (χ3v) is 3.69. The van der Waals surface area contributed by atoms with E-state index in [4.69, 9.17) is 0 Å². The van der Waals surface area contributed by atoms with E-state index in [9.17, 15) is 0 Å². The fourth-order valence-electron chi connectivity index (χ4n) is 2.51. The molecule has 0 amide bonds. The van der Waals surface area contributed by atoms with Gasteiger partial charge in [-0.1, -0.05) is 31.5 Å². The minimum Gasteiger partial charge on any atom is -0.372 e. The first-order valence-electron chi connectivity index (χ1n) is 8.16. The van der Waals surface area contributed by atoms with Crippen molar-refractivity contribution in [1.29, 1.82) is 0 Å². The van der Waals surface area contributed by atoms with Crippen LogP contribution in [0.3, 0.4) is 0 Å². The second-order valence-corrected chi connectivity index (χ2v) is 6.40. The first-order chi connectivity index (χ1) is 9.93. The van der Waals surface area contributed by atoms with E-state index < -0.39 is 0 Å². The van der Waals surface area contributed by atoms with Crippen LogP contribution in [0.1, 0.15) is 38.3 Å². The highest BCUT2D eigenvalue weighted by atomic mass is 15.1. The van der Waals surface area contributed by atoms with Crippen molar-refractivity contribution in [3.63, 3.8) is 0 Å². The van der Waals surface area contributed by atoms with Crippen molar-refractivity contribution < 1.29 is 0 Å². The third kappa shape index (κ3) is 6.49. The van der Waals surface area contributed by atoms with Gasteiger partial charge in [-0.3, -0.25) is 0 Å². The molecule has 0 saturated carbocycles. The van der Waals surface area contributed by atoms with Crippen molar-refractivity contribution in [3.8, 4) is 0 Å². The quantitative estimate of drug-likeness (QED) is 0.753. The molecule has 0 heterocycles. The molecular formula is C18H33N3. The first kappa shape index (κ1) is 18.0. The molecule has 0 bridgehead atoms. The molecule has 120 valence electrons. The Labute approximate surface area is 131 Å². The Hall–Kier alpha value is -1.06. The van der Waals surface area contributed by atoms with E-state index in [-0.39, 0.29) is 0 Å². The number of rotatable bonds is 9. The summed E-state index contributed by atoms with van der Waals surface area (Å²) < 4.78 is 0. The molecule has 0 unspecified atom stereocenters. The number of hydrogen-bond acceptors (Lipinski definition) is 3. The molecule has 1 N–H and O–H groups in total. The highest BCUT2D eigenvalue weighted by molar-refractivity contribution is 5.55.